The van der Waals surface area contributed by atoms with Crippen LogP contribution in [0.15, 0.2) is 0 Å². The number of amides is 3. The van der Waals surface area contributed by atoms with E-state index in [-0.39, 0.29) is 0 Å². The molecule has 0 saturated heterocycles. The van der Waals surface area contributed by atoms with Crippen LogP contribution in [0.1, 0.15) is 31.5 Å². The number of carbonyl (C=O) groups excluding carboxylic acids is 2. The van der Waals surface area contributed by atoms with Crippen molar-refractivity contribution in [3.63, 3.8) is 0 Å². The van der Waals surface area contributed by atoms with E-state index < -0.39 is 17.7 Å². The van der Waals surface area contributed by atoms with Gasteiger partial charge in [-0.2, -0.15) is 0 Å². The van der Waals surface area contributed by atoms with E-state index in [2.05, 4.69) is 21.2 Å². The number of urea groups is 1. The molecule has 0 aliphatic heterocycles. The molecule has 0 aliphatic carbocycles. The Morgan fingerprint density at radius 2 is 1.77 bits per heavy atom. The summed E-state index contributed by atoms with van der Waals surface area (Å²) in [5.74, 6) is -2.04. The molecule has 0 unspecified atom stereocenters. The zero-order chi connectivity index (χ0) is 16.8. The minimum Gasteiger partial charge on any atom is -0.343 e. The monoisotopic (exact) mass is 330 g/mol. The van der Waals surface area contributed by atoms with E-state index in [0.717, 1.165) is 10.7 Å². The second-order valence-electron chi connectivity index (χ2n) is 4.49. The van der Waals surface area contributed by atoms with Crippen molar-refractivity contribution in [1.29, 1.82) is 0 Å². The normalized spacial score (nSPS) is 11.1. The van der Waals surface area contributed by atoms with Crippen molar-refractivity contribution >= 4 is 28.3 Å². The average Bonchev–Trinajstić information content (AvgIpc) is 2.74. The molecule has 0 saturated carbocycles. The lowest BCUT2D eigenvalue weighted by atomic mass is 10.3. The first-order valence-corrected chi connectivity index (χ1v) is 7.73. The van der Waals surface area contributed by atoms with Crippen LogP contribution >= 0.6 is 11.3 Å². The number of hydrogen-bond donors (Lipinski definition) is 3. The number of hydrazine groups is 1. The Balaban J connectivity index is 2.55. The van der Waals surface area contributed by atoms with Crippen molar-refractivity contribution in [2.45, 2.75) is 40.4 Å². The van der Waals surface area contributed by atoms with Gasteiger partial charge in [-0.15, -0.1) is 11.3 Å². The highest BCUT2D eigenvalue weighted by molar-refractivity contribution is 7.16. The first-order chi connectivity index (χ1) is 10.3. The van der Waals surface area contributed by atoms with E-state index in [0.29, 0.717) is 18.2 Å². The van der Waals surface area contributed by atoms with E-state index in [1.54, 1.807) is 20.8 Å². The van der Waals surface area contributed by atoms with Crippen LogP contribution in [0.5, 0.6) is 0 Å². The Kier molecular flexibility index (Phi) is 6.72. The lowest BCUT2D eigenvalue weighted by Gasteiger charge is -2.27. The Bertz CT molecular complexity index is 526. The maximum absolute atomic E-state index is 12.1. The molecular weight excluding hydrogens is 308 g/mol. The maximum atomic E-state index is 12.1. The molecule has 3 N–H and O–H groups in total. The predicted octanol–water partition coefficient (Wildman–Crippen LogP) is 1.70. The number of anilines is 1. The van der Waals surface area contributed by atoms with Gasteiger partial charge < -0.3 is 9.47 Å². The van der Waals surface area contributed by atoms with Crippen LogP contribution in [0.4, 0.5) is 9.80 Å². The van der Waals surface area contributed by atoms with Crippen LogP contribution in [0.2, 0.25) is 0 Å². The lowest BCUT2D eigenvalue weighted by Crippen LogP contribution is -2.55. The van der Waals surface area contributed by atoms with Gasteiger partial charge in [-0.3, -0.25) is 15.5 Å². The molecule has 0 atom stereocenters. The molecule has 0 aliphatic rings. The van der Waals surface area contributed by atoms with Gasteiger partial charge in [0.15, 0.2) is 0 Å². The van der Waals surface area contributed by atoms with Crippen molar-refractivity contribution in [2.24, 2.45) is 0 Å². The van der Waals surface area contributed by atoms with E-state index in [4.69, 9.17) is 9.47 Å². The molecule has 0 fully saturated rings. The zero-order valence-electron chi connectivity index (χ0n) is 13.4. The number of nitrogens with one attached hydrogen (secondary N) is 3. The number of aryl methyl sites for hydroxylation is 2. The van der Waals surface area contributed by atoms with Gasteiger partial charge in [-0.05, 0) is 34.6 Å². The summed E-state index contributed by atoms with van der Waals surface area (Å²) in [6, 6.07) is -0.574. The summed E-state index contributed by atoms with van der Waals surface area (Å²) in [5.41, 5.74) is 5.25. The third-order valence-corrected chi connectivity index (χ3v) is 3.66. The third kappa shape index (κ3) is 4.93. The molecule has 0 radical (unpaired) electrons. The summed E-state index contributed by atoms with van der Waals surface area (Å²) >= 11 is 1.35. The van der Waals surface area contributed by atoms with E-state index in [9.17, 15) is 9.59 Å². The van der Waals surface area contributed by atoms with Gasteiger partial charge in [-0.1, -0.05) is 0 Å². The Morgan fingerprint density at radius 3 is 2.23 bits per heavy atom. The molecule has 1 aromatic rings. The summed E-state index contributed by atoms with van der Waals surface area (Å²) in [5, 5.41) is 4.08. The van der Waals surface area contributed by atoms with Gasteiger partial charge in [-0.25, -0.2) is 15.2 Å². The maximum Gasteiger partial charge on any atom is 0.338 e. The summed E-state index contributed by atoms with van der Waals surface area (Å²) < 4.78 is 10.6. The second kappa shape index (κ2) is 8.06. The van der Waals surface area contributed by atoms with Gasteiger partial charge in [0.1, 0.15) is 5.00 Å². The molecule has 124 valence electrons. The van der Waals surface area contributed by atoms with Crippen LogP contribution < -0.4 is 16.2 Å². The number of hydrogen-bond acceptors (Lipinski definition) is 6. The molecule has 0 bridgehead atoms. The van der Waals surface area contributed by atoms with Crippen LogP contribution in [0, 0.1) is 13.8 Å². The number of thiazole rings is 1. The number of nitrogens with zero attached hydrogens (tertiary/aromatic N) is 1. The Morgan fingerprint density at radius 1 is 1.18 bits per heavy atom. The van der Waals surface area contributed by atoms with Crippen molar-refractivity contribution in [3.05, 3.63) is 10.7 Å². The Labute approximate surface area is 133 Å². The van der Waals surface area contributed by atoms with Crippen LogP contribution in [0.25, 0.3) is 0 Å². The fraction of sp³-hybridized carbons (Fsp3) is 0.615. The van der Waals surface area contributed by atoms with Gasteiger partial charge in [0, 0.05) is 13.2 Å². The molecule has 1 aromatic heterocycles. The summed E-state index contributed by atoms with van der Waals surface area (Å²) in [4.78, 5) is 28.0. The van der Waals surface area contributed by atoms with Gasteiger partial charge in [0.2, 0.25) is 5.79 Å². The molecule has 8 nitrogen and oxygen atoms in total. The standard InChI is InChI=1S/C13H22N4O4S/c1-6-20-13(5,21-7-2)11(18)16-17-12(19)15-10-8(3)14-9(4)22-10/h6-7H2,1-5H3,(H,16,18)(H2,15,17,19). The highest BCUT2D eigenvalue weighted by atomic mass is 32.1. The summed E-state index contributed by atoms with van der Waals surface area (Å²) in [6.07, 6.45) is 0. The molecule has 1 rings (SSSR count). The molecule has 3 amide bonds. The van der Waals surface area contributed by atoms with Gasteiger partial charge in [0.25, 0.3) is 5.91 Å². The molecule has 0 spiro atoms. The van der Waals surface area contributed by atoms with Crippen LogP contribution in [-0.2, 0) is 14.3 Å². The smallest absolute Gasteiger partial charge is 0.338 e. The molecule has 9 heteroatoms. The molecule has 22 heavy (non-hydrogen) atoms. The highest BCUT2D eigenvalue weighted by Gasteiger charge is 2.35. The SMILES string of the molecule is CCOC(C)(OCC)C(=O)NNC(=O)Nc1sc(C)nc1C. The summed E-state index contributed by atoms with van der Waals surface area (Å²) in [6.45, 7) is 9.23. The molecular formula is C13H22N4O4S. The zero-order valence-corrected chi connectivity index (χ0v) is 14.2. The number of rotatable bonds is 6. The largest absolute Gasteiger partial charge is 0.343 e. The topological polar surface area (TPSA) is 102 Å². The Hall–Kier alpha value is -1.71. The summed E-state index contributed by atoms with van der Waals surface area (Å²) in [7, 11) is 0. The number of aromatic nitrogens is 1. The molecule has 1 heterocycles. The van der Waals surface area contributed by atoms with Crippen molar-refractivity contribution in [1.82, 2.24) is 15.8 Å². The number of carbonyl (C=O) groups is 2. The first kappa shape index (κ1) is 18.3. The lowest BCUT2D eigenvalue weighted by molar-refractivity contribution is -0.219. The van der Waals surface area contributed by atoms with Crippen molar-refractivity contribution in [2.75, 3.05) is 18.5 Å². The van der Waals surface area contributed by atoms with E-state index in [1.165, 1.54) is 18.3 Å². The highest BCUT2D eigenvalue weighted by Crippen LogP contribution is 2.22. The van der Waals surface area contributed by atoms with Crippen LogP contribution in [-0.4, -0.2) is 35.9 Å². The van der Waals surface area contributed by atoms with Gasteiger partial charge >= 0.3 is 6.03 Å². The fourth-order valence-corrected chi connectivity index (χ4v) is 2.55. The fourth-order valence-electron chi connectivity index (χ4n) is 1.73. The predicted molar refractivity (Wildman–Crippen MR) is 83.5 cm³/mol. The molecule has 0 aromatic carbocycles. The number of ether oxygens (including phenoxy) is 2. The van der Waals surface area contributed by atoms with Crippen molar-refractivity contribution in [3.8, 4) is 0 Å². The van der Waals surface area contributed by atoms with Gasteiger partial charge in [0.05, 0.1) is 10.7 Å². The van der Waals surface area contributed by atoms with Crippen molar-refractivity contribution < 1.29 is 19.1 Å². The quantitative estimate of drug-likeness (QED) is 0.544. The minimum absolute atomic E-state index is 0.301. The first-order valence-electron chi connectivity index (χ1n) is 6.91. The minimum atomic E-state index is -1.45. The van der Waals surface area contributed by atoms with Crippen LogP contribution in [0.3, 0.4) is 0 Å². The average molecular weight is 330 g/mol. The van der Waals surface area contributed by atoms with E-state index >= 15 is 0 Å². The second-order valence-corrected chi connectivity index (χ2v) is 5.70. The third-order valence-electron chi connectivity index (χ3n) is 2.67. The van der Waals surface area contributed by atoms with E-state index in [1.807, 2.05) is 6.92 Å².